The van der Waals surface area contributed by atoms with E-state index >= 15 is 0 Å². The zero-order valence-corrected chi connectivity index (χ0v) is 25.8. The molecule has 3 aliphatic rings. The first kappa shape index (κ1) is 30.7. The minimum absolute atomic E-state index is 0.00420. The fourth-order valence-corrected chi connectivity index (χ4v) is 7.66. The molecule has 2 heterocycles. The molecule has 228 valence electrons. The third kappa shape index (κ3) is 6.88. The van der Waals surface area contributed by atoms with Crippen molar-refractivity contribution in [3.05, 3.63) is 65.2 Å². The van der Waals surface area contributed by atoms with Crippen molar-refractivity contribution in [3.63, 3.8) is 0 Å². The second kappa shape index (κ2) is 12.1. The predicted molar refractivity (Wildman–Crippen MR) is 160 cm³/mol. The highest BCUT2D eigenvalue weighted by atomic mass is 16.7. The Morgan fingerprint density at radius 2 is 1.83 bits per heavy atom. The Hall–Kier alpha value is -2.78. The Kier molecular flexibility index (Phi) is 8.82. The summed E-state index contributed by atoms with van der Waals surface area (Å²) in [4.78, 5) is 26.5. The monoisotopic (exact) mass is 578 g/mol. The second-order valence-electron chi connectivity index (χ2n) is 13.8. The molecule has 8 heteroatoms. The summed E-state index contributed by atoms with van der Waals surface area (Å²) in [6.07, 6.45) is 1.85. The number of esters is 1. The summed E-state index contributed by atoms with van der Waals surface area (Å²) in [5.74, 6) is -0.819. The van der Waals surface area contributed by atoms with Crippen LogP contribution in [0.1, 0.15) is 89.9 Å². The Labute approximate surface area is 249 Å². The smallest absolute Gasteiger partial charge is 0.303 e. The van der Waals surface area contributed by atoms with Crippen molar-refractivity contribution in [3.8, 4) is 0 Å². The van der Waals surface area contributed by atoms with Gasteiger partial charge in [0.05, 0.1) is 18.8 Å². The summed E-state index contributed by atoms with van der Waals surface area (Å²) in [5.41, 5.74) is 3.95. The number of aliphatic hydroxyl groups is 1. The van der Waals surface area contributed by atoms with Gasteiger partial charge in [-0.2, -0.15) is 0 Å². The van der Waals surface area contributed by atoms with E-state index in [1.165, 1.54) is 26.2 Å². The van der Waals surface area contributed by atoms with Gasteiger partial charge in [0, 0.05) is 43.2 Å². The van der Waals surface area contributed by atoms with Crippen LogP contribution in [0.25, 0.3) is 0 Å². The third-order valence-electron chi connectivity index (χ3n) is 9.20. The lowest BCUT2D eigenvalue weighted by Gasteiger charge is -2.43. The Balaban J connectivity index is 1.39. The van der Waals surface area contributed by atoms with Gasteiger partial charge in [0.15, 0.2) is 12.4 Å². The van der Waals surface area contributed by atoms with Gasteiger partial charge in [-0.3, -0.25) is 14.5 Å². The van der Waals surface area contributed by atoms with Crippen LogP contribution in [0.2, 0.25) is 0 Å². The quantitative estimate of drug-likeness (QED) is 0.385. The van der Waals surface area contributed by atoms with Crippen LogP contribution in [0.3, 0.4) is 0 Å². The van der Waals surface area contributed by atoms with E-state index in [0.29, 0.717) is 22.6 Å². The molecule has 0 radical (unpaired) electrons. The molecule has 3 fully saturated rings. The maximum Gasteiger partial charge on any atom is 0.303 e. The van der Waals surface area contributed by atoms with Gasteiger partial charge in [0.1, 0.15) is 0 Å². The highest BCUT2D eigenvalue weighted by Crippen LogP contribution is 2.53. The van der Waals surface area contributed by atoms with E-state index < -0.39 is 24.3 Å². The molecular weight excluding hydrogens is 532 g/mol. The average Bonchev–Trinajstić information content (AvgIpc) is 3.16. The minimum Gasteiger partial charge on any atom is -0.453 e. The molecule has 8 nitrogen and oxygen atoms in total. The van der Waals surface area contributed by atoms with Crippen LogP contribution in [0.4, 0.5) is 5.69 Å². The topological polar surface area (TPSA) is 97.3 Å². The first-order chi connectivity index (χ1) is 19.8. The molecule has 7 unspecified atom stereocenters. The van der Waals surface area contributed by atoms with Gasteiger partial charge in [0.2, 0.25) is 0 Å². The van der Waals surface area contributed by atoms with Crippen LogP contribution < -0.4 is 5.32 Å². The fourth-order valence-electron chi connectivity index (χ4n) is 7.66. The summed E-state index contributed by atoms with van der Waals surface area (Å²) in [7, 11) is 0. The summed E-state index contributed by atoms with van der Waals surface area (Å²) in [5, 5.41) is 12.4. The van der Waals surface area contributed by atoms with Gasteiger partial charge >= 0.3 is 5.97 Å². The van der Waals surface area contributed by atoms with Crippen molar-refractivity contribution in [1.29, 1.82) is 0 Å². The number of rotatable bonds is 8. The Bertz CT molecular complexity index is 1280. The van der Waals surface area contributed by atoms with Crippen molar-refractivity contribution in [2.75, 3.05) is 18.4 Å². The van der Waals surface area contributed by atoms with E-state index in [1.807, 2.05) is 42.5 Å². The van der Waals surface area contributed by atoms with Crippen LogP contribution >= 0.6 is 0 Å². The lowest BCUT2D eigenvalue weighted by Crippen LogP contribution is -2.46. The highest BCUT2D eigenvalue weighted by Gasteiger charge is 2.51. The largest absolute Gasteiger partial charge is 0.453 e. The lowest BCUT2D eigenvalue weighted by atomic mass is 9.65. The number of fused-ring (bicyclic) bond motifs is 2. The maximum absolute atomic E-state index is 12.6. The molecule has 2 aliphatic heterocycles. The number of hydrogen-bond acceptors (Lipinski definition) is 7. The molecule has 5 rings (SSSR count). The molecule has 2 N–H and O–H groups in total. The summed E-state index contributed by atoms with van der Waals surface area (Å²) < 4.78 is 18.4. The number of ether oxygens (including phenoxy) is 3. The number of hydrogen-bond donors (Lipinski definition) is 2. The van der Waals surface area contributed by atoms with Crippen LogP contribution in [0, 0.1) is 16.7 Å². The summed E-state index contributed by atoms with van der Waals surface area (Å²) in [6, 6.07) is 16.0. The van der Waals surface area contributed by atoms with Gasteiger partial charge in [-0.1, -0.05) is 64.1 Å². The predicted octanol–water partition coefficient (Wildman–Crippen LogP) is 5.76. The Morgan fingerprint density at radius 1 is 1.10 bits per heavy atom. The fraction of sp³-hybridized carbons (Fsp3) is 0.588. The second-order valence-corrected chi connectivity index (χ2v) is 13.8. The Morgan fingerprint density at radius 3 is 2.52 bits per heavy atom. The molecule has 1 saturated carbocycles. The van der Waals surface area contributed by atoms with Gasteiger partial charge < -0.3 is 24.6 Å². The lowest BCUT2D eigenvalue weighted by molar-refractivity contribution is -0.276. The molecule has 2 saturated heterocycles. The molecule has 2 aromatic carbocycles. The number of benzene rings is 2. The highest BCUT2D eigenvalue weighted by molar-refractivity contribution is 5.95. The molecule has 2 bridgehead atoms. The maximum atomic E-state index is 12.6. The van der Waals surface area contributed by atoms with Gasteiger partial charge in [-0.15, -0.1) is 0 Å². The molecule has 0 aromatic heterocycles. The van der Waals surface area contributed by atoms with Crippen LogP contribution in [0.15, 0.2) is 48.5 Å². The first-order valence-electron chi connectivity index (χ1n) is 15.2. The van der Waals surface area contributed by atoms with Gasteiger partial charge in [-0.05, 0) is 60.3 Å². The standard InChI is InChI=1S/C34H46N2O6/c1-21-29(17-36-20-34(6)16-28(36)15-33(4,5)19-34)41-32(42-30(21)25-12-10-24(18-37)11-13-25)26-8-7-9-27(14-26)35-31(39)22(2)40-23(3)38/h7-14,21-22,28-30,32,37H,15-20H2,1-6H3,(H,35,39). The van der Waals surface area contributed by atoms with Gasteiger partial charge in [-0.25, -0.2) is 0 Å². The third-order valence-corrected chi connectivity index (χ3v) is 9.20. The van der Waals surface area contributed by atoms with Gasteiger partial charge in [0.25, 0.3) is 5.91 Å². The van der Waals surface area contributed by atoms with Crippen molar-refractivity contribution < 1.29 is 28.9 Å². The number of nitrogens with zero attached hydrogens (tertiary/aromatic N) is 1. The van der Waals surface area contributed by atoms with E-state index in [0.717, 1.165) is 29.8 Å². The van der Waals surface area contributed by atoms with Crippen molar-refractivity contribution in [2.24, 2.45) is 16.7 Å². The van der Waals surface area contributed by atoms with E-state index in [9.17, 15) is 14.7 Å². The number of anilines is 1. The number of carbonyl (C=O) groups is 2. The summed E-state index contributed by atoms with van der Waals surface area (Å²) in [6.45, 7) is 14.2. The molecule has 1 amide bonds. The SMILES string of the molecule is CC(=O)OC(C)C(=O)Nc1cccc(C2OC(CN3CC4(C)CC3CC(C)(C)C4)C(C)C(c3ccc(CO)cc3)O2)c1. The molecule has 0 spiro atoms. The number of amides is 1. The van der Waals surface area contributed by atoms with E-state index in [1.54, 1.807) is 13.0 Å². The average molecular weight is 579 g/mol. The molecule has 42 heavy (non-hydrogen) atoms. The molecular formula is C34H46N2O6. The van der Waals surface area contributed by atoms with Crippen LogP contribution in [-0.4, -0.2) is 53.2 Å². The number of nitrogens with one attached hydrogen (secondary N) is 1. The zero-order valence-electron chi connectivity index (χ0n) is 25.8. The normalized spacial score (nSPS) is 31.4. The number of carbonyl (C=O) groups excluding carboxylic acids is 2. The van der Waals surface area contributed by atoms with Crippen molar-refractivity contribution in [2.45, 2.75) is 98.1 Å². The number of likely N-dealkylation sites (tertiary alicyclic amines) is 1. The molecule has 7 atom stereocenters. The van der Waals surface area contributed by atoms with E-state index in [-0.39, 0.29) is 24.7 Å². The van der Waals surface area contributed by atoms with E-state index in [2.05, 4.69) is 37.9 Å². The van der Waals surface area contributed by atoms with Crippen molar-refractivity contribution >= 4 is 17.6 Å². The number of aliphatic hydroxyl groups excluding tert-OH is 1. The van der Waals surface area contributed by atoms with Crippen LogP contribution in [0.5, 0.6) is 0 Å². The van der Waals surface area contributed by atoms with E-state index in [4.69, 9.17) is 14.2 Å². The molecule has 1 aliphatic carbocycles. The molecule has 2 aromatic rings. The minimum atomic E-state index is -0.906. The first-order valence-corrected chi connectivity index (χ1v) is 15.2. The summed E-state index contributed by atoms with van der Waals surface area (Å²) >= 11 is 0. The van der Waals surface area contributed by atoms with Crippen LogP contribution in [-0.2, 0) is 30.4 Å². The zero-order chi connectivity index (χ0) is 30.2. The van der Waals surface area contributed by atoms with Crippen molar-refractivity contribution in [1.82, 2.24) is 4.90 Å².